The van der Waals surface area contributed by atoms with Crippen molar-refractivity contribution in [3.63, 3.8) is 0 Å². The summed E-state index contributed by atoms with van der Waals surface area (Å²) in [4.78, 5) is 23.7. The second-order valence-corrected chi connectivity index (χ2v) is 7.27. The molecular formula is C21H29N5O. The maximum Gasteiger partial charge on any atom is 0.251 e. The largest absolute Gasteiger partial charge is 0.368 e. The predicted octanol–water partition coefficient (Wildman–Crippen LogP) is 3.23. The summed E-state index contributed by atoms with van der Waals surface area (Å²) < 4.78 is 0. The maximum atomic E-state index is 12.3. The van der Waals surface area contributed by atoms with Crippen molar-refractivity contribution in [1.29, 1.82) is 0 Å². The molecule has 6 heteroatoms. The molecule has 1 saturated heterocycles. The first-order valence-electron chi connectivity index (χ1n) is 9.72. The topological polar surface area (TPSA) is 70.2 Å². The molecule has 1 amide bonds. The third-order valence-corrected chi connectivity index (χ3v) is 4.71. The van der Waals surface area contributed by atoms with E-state index >= 15 is 0 Å². The third-order valence-electron chi connectivity index (χ3n) is 4.71. The van der Waals surface area contributed by atoms with Gasteiger partial charge < -0.3 is 15.5 Å². The van der Waals surface area contributed by atoms with Crippen molar-refractivity contribution < 1.29 is 4.79 Å². The fourth-order valence-corrected chi connectivity index (χ4v) is 3.50. The van der Waals surface area contributed by atoms with Crippen molar-refractivity contribution in [2.75, 3.05) is 36.4 Å². The highest BCUT2D eigenvalue weighted by Crippen LogP contribution is 2.20. The van der Waals surface area contributed by atoms with Crippen molar-refractivity contribution in [3.8, 4) is 0 Å². The number of rotatable bonds is 6. The highest BCUT2D eigenvalue weighted by atomic mass is 16.1. The fraction of sp³-hybridized carbons (Fsp3) is 0.476. The minimum absolute atomic E-state index is 0.0449. The molecule has 1 fully saturated rings. The zero-order valence-electron chi connectivity index (χ0n) is 16.5. The lowest BCUT2D eigenvalue weighted by Crippen LogP contribution is -2.31. The van der Waals surface area contributed by atoms with E-state index in [4.69, 9.17) is 0 Å². The van der Waals surface area contributed by atoms with Crippen LogP contribution >= 0.6 is 0 Å². The number of carbonyl (C=O) groups excluding carboxylic acids is 1. The average Bonchev–Trinajstić information content (AvgIpc) is 2.64. The van der Waals surface area contributed by atoms with E-state index in [0.29, 0.717) is 18.7 Å². The van der Waals surface area contributed by atoms with Gasteiger partial charge in [-0.15, -0.1) is 0 Å². The number of aryl methyl sites for hydroxylation is 3. The van der Waals surface area contributed by atoms with Gasteiger partial charge in [0.15, 0.2) is 0 Å². The van der Waals surface area contributed by atoms with Gasteiger partial charge in [-0.3, -0.25) is 4.79 Å². The molecule has 0 radical (unpaired) electrons. The molecule has 1 aromatic carbocycles. The molecule has 6 nitrogen and oxygen atoms in total. The van der Waals surface area contributed by atoms with Crippen LogP contribution in [0.15, 0.2) is 24.3 Å². The normalized spacial score (nSPS) is 14.1. The fourth-order valence-electron chi connectivity index (χ4n) is 3.50. The van der Waals surface area contributed by atoms with E-state index in [2.05, 4.69) is 31.6 Å². The molecule has 0 unspecified atom stereocenters. The maximum absolute atomic E-state index is 12.3. The highest BCUT2D eigenvalue weighted by molar-refractivity contribution is 5.94. The van der Waals surface area contributed by atoms with E-state index in [1.807, 2.05) is 39.0 Å². The molecule has 0 saturated carbocycles. The van der Waals surface area contributed by atoms with Crippen LogP contribution in [-0.2, 0) is 0 Å². The summed E-state index contributed by atoms with van der Waals surface area (Å²) >= 11 is 0. The van der Waals surface area contributed by atoms with Gasteiger partial charge in [0.25, 0.3) is 5.91 Å². The lowest BCUT2D eigenvalue weighted by Gasteiger charge is -2.28. The molecule has 1 aromatic heterocycles. The molecule has 27 heavy (non-hydrogen) atoms. The van der Waals surface area contributed by atoms with Crippen LogP contribution in [0.5, 0.6) is 0 Å². The van der Waals surface area contributed by atoms with Gasteiger partial charge in [-0.1, -0.05) is 17.2 Å². The van der Waals surface area contributed by atoms with E-state index in [0.717, 1.165) is 41.7 Å². The number of nitrogens with one attached hydrogen (secondary N) is 2. The molecule has 3 rings (SSSR count). The van der Waals surface area contributed by atoms with E-state index in [1.54, 1.807) is 0 Å². The smallest absolute Gasteiger partial charge is 0.251 e. The Morgan fingerprint density at radius 1 is 0.963 bits per heavy atom. The molecule has 0 aliphatic carbocycles. The van der Waals surface area contributed by atoms with E-state index < -0.39 is 0 Å². The van der Waals surface area contributed by atoms with Crippen molar-refractivity contribution >= 4 is 17.5 Å². The quantitative estimate of drug-likeness (QED) is 0.767. The Bertz CT molecular complexity index is 779. The number of aromatic nitrogens is 2. The Balaban J connectivity index is 1.52. The zero-order valence-corrected chi connectivity index (χ0v) is 16.5. The summed E-state index contributed by atoms with van der Waals surface area (Å²) in [6, 6.07) is 7.89. The van der Waals surface area contributed by atoms with Crippen molar-refractivity contribution in [1.82, 2.24) is 15.3 Å². The molecule has 2 aromatic rings. The summed E-state index contributed by atoms with van der Waals surface area (Å²) in [6.45, 7) is 9.19. The van der Waals surface area contributed by atoms with Crippen molar-refractivity contribution in [2.45, 2.75) is 40.0 Å². The number of carbonyl (C=O) groups is 1. The predicted molar refractivity (Wildman–Crippen MR) is 110 cm³/mol. The summed E-state index contributed by atoms with van der Waals surface area (Å²) in [7, 11) is 0. The first-order chi connectivity index (χ1) is 13.0. The van der Waals surface area contributed by atoms with Gasteiger partial charge in [-0.25, -0.2) is 9.97 Å². The first-order valence-corrected chi connectivity index (χ1v) is 9.72. The summed E-state index contributed by atoms with van der Waals surface area (Å²) in [5.74, 6) is 2.52. The standard InChI is InChI=1S/C21H29N5O/c1-15-11-16(2)13-18(12-15)21(27)23-8-7-22-19-14-20(25-17(3)24-19)26-9-5-4-6-10-26/h11-14H,4-10H2,1-3H3,(H,23,27)(H,22,24,25). The number of hydrogen-bond acceptors (Lipinski definition) is 5. The Hall–Kier alpha value is -2.63. The molecule has 2 N–H and O–H groups in total. The van der Waals surface area contributed by atoms with Gasteiger partial charge in [-0.2, -0.15) is 0 Å². The van der Waals surface area contributed by atoms with Crippen LogP contribution in [0.4, 0.5) is 11.6 Å². The summed E-state index contributed by atoms with van der Waals surface area (Å²) in [5.41, 5.74) is 2.90. The Morgan fingerprint density at radius 2 is 1.67 bits per heavy atom. The molecule has 0 atom stereocenters. The number of anilines is 2. The van der Waals surface area contributed by atoms with Crippen LogP contribution in [0, 0.1) is 20.8 Å². The number of amides is 1. The van der Waals surface area contributed by atoms with Crippen molar-refractivity contribution in [3.05, 3.63) is 46.8 Å². The van der Waals surface area contributed by atoms with Crippen LogP contribution in [0.3, 0.4) is 0 Å². The second-order valence-electron chi connectivity index (χ2n) is 7.27. The highest BCUT2D eigenvalue weighted by Gasteiger charge is 2.13. The molecule has 1 aliphatic rings. The van der Waals surface area contributed by atoms with Gasteiger partial charge in [0.1, 0.15) is 17.5 Å². The molecule has 0 spiro atoms. The molecule has 144 valence electrons. The monoisotopic (exact) mass is 367 g/mol. The van der Waals surface area contributed by atoms with Crippen LogP contribution < -0.4 is 15.5 Å². The first kappa shape index (κ1) is 19.1. The van der Waals surface area contributed by atoms with Gasteiger partial charge in [0.05, 0.1) is 0 Å². The van der Waals surface area contributed by atoms with E-state index in [1.165, 1.54) is 19.3 Å². The number of piperidine rings is 1. The lowest BCUT2D eigenvalue weighted by molar-refractivity contribution is 0.0955. The van der Waals surface area contributed by atoms with Crippen LogP contribution in [-0.4, -0.2) is 42.1 Å². The minimum atomic E-state index is -0.0449. The van der Waals surface area contributed by atoms with Crippen molar-refractivity contribution in [2.24, 2.45) is 0 Å². The number of hydrogen-bond donors (Lipinski definition) is 2. The van der Waals surface area contributed by atoms with Crippen LogP contribution in [0.1, 0.15) is 46.6 Å². The van der Waals surface area contributed by atoms with E-state index in [-0.39, 0.29) is 5.91 Å². The lowest BCUT2D eigenvalue weighted by atomic mass is 10.1. The van der Waals surface area contributed by atoms with Gasteiger partial charge in [-0.05, 0) is 52.2 Å². The molecule has 1 aliphatic heterocycles. The van der Waals surface area contributed by atoms with Gasteiger partial charge in [0, 0.05) is 37.8 Å². The number of nitrogens with zero attached hydrogens (tertiary/aromatic N) is 3. The van der Waals surface area contributed by atoms with Gasteiger partial charge >= 0.3 is 0 Å². The molecule has 0 bridgehead atoms. The Morgan fingerprint density at radius 3 is 2.37 bits per heavy atom. The van der Waals surface area contributed by atoms with Crippen LogP contribution in [0.2, 0.25) is 0 Å². The third kappa shape index (κ3) is 5.42. The summed E-state index contributed by atoms with van der Waals surface area (Å²) in [6.07, 6.45) is 3.73. The minimum Gasteiger partial charge on any atom is -0.368 e. The average molecular weight is 367 g/mol. The van der Waals surface area contributed by atoms with Crippen LogP contribution in [0.25, 0.3) is 0 Å². The molecule has 2 heterocycles. The Kier molecular flexibility index (Phi) is 6.27. The van der Waals surface area contributed by atoms with Gasteiger partial charge in [0.2, 0.25) is 0 Å². The number of benzene rings is 1. The zero-order chi connectivity index (χ0) is 19.2. The Labute approximate surface area is 161 Å². The SMILES string of the molecule is Cc1cc(C)cc(C(=O)NCCNc2cc(N3CCCCC3)nc(C)n2)c1. The van der Waals surface area contributed by atoms with E-state index in [9.17, 15) is 4.79 Å². The molecular weight excluding hydrogens is 338 g/mol. The summed E-state index contributed by atoms with van der Waals surface area (Å²) in [5, 5.41) is 6.26. The second kappa shape index (κ2) is 8.84.